The van der Waals surface area contributed by atoms with Crippen LogP contribution >= 0.6 is 11.6 Å². The van der Waals surface area contributed by atoms with Crippen LogP contribution in [0, 0.1) is 12.7 Å². The minimum atomic E-state index is -0.414. The topological polar surface area (TPSA) is 62.3 Å². The Morgan fingerprint density at radius 3 is 2.79 bits per heavy atom. The predicted octanol–water partition coefficient (Wildman–Crippen LogP) is 4.71. The van der Waals surface area contributed by atoms with Gasteiger partial charge in [0, 0.05) is 35.8 Å². The molecule has 142 valence electrons. The van der Waals surface area contributed by atoms with Crippen LogP contribution in [-0.4, -0.2) is 23.3 Å². The molecular weight excluding hydrogens is 381 g/mol. The van der Waals surface area contributed by atoms with E-state index in [1.54, 1.807) is 36.1 Å². The first-order valence-electron chi connectivity index (χ1n) is 8.90. The maximum atomic E-state index is 13.5. The van der Waals surface area contributed by atoms with Crippen molar-refractivity contribution in [1.29, 1.82) is 0 Å². The Hall–Kier alpha value is -2.99. The van der Waals surface area contributed by atoms with Crippen molar-refractivity contribution < 1.29 is 14.0 Å². The van der Waals surface area contributed by atoms with E-state index in [0.717, 1.165) is 6.42 Å². The average Bonchev–Trinajstić information content (AvgIpc) is 3.08. The van der Waals surface area contributed by atoms with E-state index in [9.17, 15) is 14.0 Å². The second-order valence-electron chi connectivity index (χ2n) is 6.74. The number of carbonyl (C=O) groups excluding carboxylic acids is 2. The van der Waals surface area contributed by atoms with Crippen LogP contribution in [0.3, 0.4) is 0 Å². The highest BCUT2D eigenvalue weighted by molar-refractivity contribution is 6.34. The Balaban J connectivity index is 1.69. The standard InChI is InChI=1S/C21H17ClFN3O2/c1-12-9-16(15-6-4-13(23)10-18(15)24-12)21(28)25-19-11-14(5-7-17(19)22)26-8-2-3-20(26)27/h4-7,9-11H,2-3,8H2,1H3,(H,25,28). The van der Waals surface area contributed by atoms with Crippen LogP contribution in [-0.2, 0) is 4.79 Å². The summed E-state index contributed by atoms with van der Waals surface area (Å²) in [6, 6.07) is 10.9. The number of nitrogens with one attached hydrogen (secondary N) is 1. The fraction of sp³-hybridized carbons (Fsp3) is 0.190. The van der Waals surface area contributed by atoms with Gasteiger partial charge in [-0.1, -0.05) is 11.6 Å². The first-order valence-corrected chi connectivity index (χ1v) is 9.28. The summed E-state index contributed by atoms with van der Waals surface area (Å²) in [6.07, 6.45) is 1.32. The van der Waals surface area contributed by atoms with E-state index in [2.05, 4.69) is 10.3 Å². The summed E-state index contributed by atoms with van der Waals surface area (Å²) in [5, 5.41) is 3.72. The van der Waals surface area contributed by atoms with Crippen molar-refractivity contribution >= 4 is 45.7 Å². The largest absolute Gasteiger partial charge is 0.321 e. The number of halogens is 2. The molecule has 0 unspecified atom stereocenters. The minimum absolute atomic E-state index is 0.0531. The van der Waals surface area contributed by atoms with E-state index >= 15 is 0 Å². The third-order valence-electron chi connectivity index (χ3n) is 4.73. The summed E-state index contributed by atoms with van der Waals surface area (Å²) >= 11 is 6.26. The lowest BCUT2D eigenvalue weighted by Crippen LogP contribution is -2.24. The van der Waals surface area contributed by atoms with Crippen LogP contribution in [0.2, 0.25) is 5.02 Å². The van der Waals surface area contributed by atoms with Gasteiger partial charge in [0.2, 0.25) is 5.91 Å². The highest BCUT2D eigenvalue weighted by Gasteiger charge is 2.23. The van der Waals surface area contributed by atoms with Gasteiger partial charge < -0.3 is 10.2 Å². The van der Waals surface area contributed by atoms with Crippen molar-refractivity contribution in [3.63, 3.8) is 0 Å². The molecular formula is C21H17ClFN3O2. The first kappa shape index (κ1) is 18.4. The van der Waals surface area contributed by atoms with Gasteiger partial charge in [-0.15, -0.1) is 0 Å². The second-order valence-corrected chi connectivity index (χ2v) is 7.15. The molecule has 28 heavy (non-hydrogen) atoms. The van der Waals surface area contributed by atoms with Crippen molar-refractivity contribution in [2.24, 2.45) is 0 Å². The normalized spacial score (nSPS) is 14.0. The van der Waals surface area contributed by atoms with E-state index < -0.39 is 5.82 Å². The Bertz CT molecular complexity index is 1110. The number of pyridine rings is 1. The zero-order chi connectivity index (χ0) is 19.8. The number of hydrogen-bond acceptors (Lipinski definition) is 3. The van der Waals surface area contributed by atoms with Gasteiger partial charge >= 0.3 is 0 Å². The molecule has 4 rings (SSSR count). The maximum Gasteiger partial charge on any atom is 0.256 e. The molecule has 0 spiro atoms. The van der Waals surface area contributed by atoms with Gasteiger partial charge in [0.25, 0.3) is 5.91 Å². The first-order chi connectivity index (χ1) is 13.4. The smallest absolute Gasteiger partial charge is 0.256 e. The van der Waals surface area contributed by atoms with Gasteiger partial charge in [0.1, 0.15) is 5.82 Å². The highest BCUT2D eigenvalue weighted by Crippen LogP contribution is 2.31. The zero-order valence-electron chi connectivity index (χ0n) is 15.1. The van der Waals surface area contributed by atoms with Crippen molar-refractivity contribution in [2.45, 2.75) is 19.8 Å². The average molecular weight is 398 g/mol. The van der Waals surface area contributed by atoms with E-state index in [0.29, 0.717) is 51.5 Å². The van der Waals surface area contributed by atoms with Gasteiger partial charge in [0.05, 0.1) is 21.8 Å². The van der Waals surface area contributed by atoms with Crippen LogP contribution < -0.4 is 10.2 Å². The molecule has 1 aliphatic heterocycles. The summed E-state index contributed by atoms with van der Waals surface area (Å²) < 4.78 is 13.5. The van der Waals surface area contributed by atoms with Crippen LogP contribution in [0.5, 0.6) is 0 Å². The lowest BCUT2D eigenvalue weighted by molar-refractivity contribution is -0.117. The molecule has 0 aliphatic carbocycles. The summed E-state index contributed by atoms with van der Waals surface area (Å²) in [5.74, 6) is -0.741. The van der Waals surface area contributed by atoms with Crippen molar-refractivity contribution in [3.8, 4) is 0 Å². The van der Waals surface area contributed by atoms with Crippen LogP contribution in [0.1, 0.15) is 28.9 Å². The zero-order valence-corrected chi connectivity index (χ0v) is 15.9. The number of amides is 2. The van der Waals surface area contributed by atoms with E-state index in [1.807, 2.05) is 0 Å². The predicted molar refractivity (Wildman–Crippen MR) is 107 cm³/mol. The van der Waals surface area contributed by atoms with Crippen LogP contribution in [0.15, 0.2) is 42.5 Å². The number of nitrogens with zero attached hydrogens (tertiary/aromatic N) is 2. The van der Waals surface area contributed by atoms with Crippen molar-refractivity contribution in [2.75, 3.05) is 16.8 Å². The quantitative estimate of drug-likeness (QED) is 0.695. The third-order valence-corrected chi connectivity index (χ3v) is 5.06. The number of hydrogen-bond donors (Lipinski definition) is 1. The van der Waals surface area contributed by atoms with Gasteiger partial charge in [-0.2, -0.15) is 0 Å². The van der Waals surface area contributed by atoms with Gasteiger partial charge in [-0.05, 0) is 49.7 Å². The molecule has 2 heterocycles. The number of rotatable bonds is 3. The Morgan fingerprint density at radius 1 is 1.21 bits per heavy atom. The fourth-order valence-corrected chi connectivity index (χ4v) is 3.57. The summed E-state index contributed by atoms with van der Waals surface area (Å²) in [5.41, 5.74) is 2.49. The molecule has 2 aromatic carbocycles. The lowest BCUT2D eigenvalue weighted by Gasteiger charge is -2.18. The van der Waals surface area contributed by atoms with E-state index in [1.165, 1.54) is 18.2 Å². The molecule has 2 amide bonds. The number of aromatic nitrogens is 1. The molecule has 1 aliphatic rings. The minimum Gasteiger partial charge on any atom is -0.321 e. The van der Waals surface area contributed by atoms with Gasteiger partial charge in [0.15, 0.2) is 0 Å². The summed E-state index contributed by atoms with van der Waals surface area (Å²) in [6.45, 7) is 2.39. The SMILES string of the molecule is Cc1cc(C(=O)Nc2cc(N3CCCC3=O)ccc2Cl)c2ccc(F)cc2n1. The Morgan fingerprint density at radius 2 is 2.04 bits per heavy atom. The molecule has 5 nitrogen and oxygen atoms in total. The fourth-order valence-electron chi connectivity index (χ4n) is 3.41. The molecule has 1 saturated heterocycles. The number of carbonyl (C=O) groups is 2. The number of benzene rings is 2. The molecule has 7 heteroatoms. The molecule has 0 radical (unpaired) electrons. The molecule has 0 bridgehead atoms. The lowest BCUT2D eigenvalue weighted by atomic mass is 10.1. The molecule has 1 aromatic heterocycles. The van der Waals surface area contributed by atoms with Crippen molar-refractivity contribution in [1.82, 2.24) is 4.98 Å². The molecule has 0 atom stereocenters. The Kier molecular flexibility index (Phi) is 4.73. The van der Waals surface area contributed by atoms with Crippen LogP contribution in [0.4, 0.5) is 15.8 Å². The third kappa shape index (κ3) is 3.43. The van der Waals surface area contributed by atoms with E-state index in [4.69, 9.17) is 11.6 Å². The maximum absolute atomic E-state index is 13.5. The number of anilines is 2. The number of fused-ring (bicyclic) bond motifs is 1. The van der Waals surface area contributed by atoms with Crippen LogP contribution in [0.25, 0.3) is 10.9 Å². The number of aryl methyl sites for hydroxylation is 1. The monoisotopic (exact) mass is 397 g/mol. The molecule has 1 N–H and O–H groups in total. The molecule has 0 saturated carbocycles. The Labute approximate surface area is 166 Å². The summed E-state index contributed by atoms with van der Waals surface area (Å²) in [7, 11) is 0. The summed E-state index contributed by atoms with van der Waals surface area (Å²) in [4.78, 5) is 30.9. The molecule has 1 fully saturated rings. The second kappa shape index (κ2) is 7.20. The molecule has 3 aromatic rings. The van der Waals surface area contributed by atoms with Crippen molar-refractivity contribution in [3.05, 3.63) is 64.6 Å². The van der Waals surface area contributed by atoms with E-state index in [-0.39, 0.29) is 11.8 Å². The highest BCUT2D eigenvalue weighted by atomic mass is 35.5. The van der Waals surface area contributed by atoms with Gasteiger partial charge in [-0.3, -0.25) is 14.6 Å². The van der Waals surface area contributed by atoms with Gasteiger partial charge in [-0.25, -0.2) is 4.39 Å².